The minimum absolute atomic E-state index is 0.131. The molecule has 2 aromatic rings. The summed E-state index contributed by atoms with van der Waals surface area (Å²) in [5, 5.41) is 7.47. The Morgan fingerprint density at radius 1 is 1.58 bits per heavy atom. The molecule has 0 aromatic carbocycles. The summed E-state index contributed by atoms with van der Waals surface area (Å²) in [6, 6.07) is 3.56. The normalized spacial score (nSPS) is 12.4. The van der Waals surface area contributed by atoms with Gasteiger partial charge in [0.2, 0.25) is 0 Å². The lowest BCUT2D eigenvalue weighted by Crippen LogP contribution is -2.31. The predicted octanol–water partition coefficient (Wildman–Crippen LogP) is 2.71. The average molecular weight is 282 g/mol. The van der Waals surface area contributed by atoms with E-state index >= 15 is 0 Å². The van der Waals surface area contributed by atoms with Crippen LogP contribution in [0.4, 0.5) is 0 Å². The third-order valence-corrected chi connectivity index (χ3v) is 2.99. The number of amides is 1. The fraction of sp³-hybridized carbons (Fsp3) is 0.385. The third-order valence-electron chi connectivity index (χ3n) is 2.79. The van der Waals surface area contributed by atoms with Crippen LogP contribution in [0.2, 0.25) is 5.02 Å². The molecule has 0 spiro atoms. The largest absolute Gasteiger partial charge is 0.454 e. The van der Waals surface area contributed by atoms with Crippen molar-refractivity contribution in [2.45, 2.75) is 32.9 Å². The van der Waals surface area contributed by atoms with E-state index in [1.807, 2.05) is 13.8 Å². The van der Waals surface area contributed by atoms with Gasteiger partial charge in [-0.15, -0.1) is 0 Å². The molecule has 0 bridgehead atoms. The molecule has 0 aliphatic heterocycles. The molecule has 6 heteroatoms. The lowest BCUT2D eigenvalue weighted by atomic mass is 10.2. The van der Waals surface area contributed by atoms with Crippen LogP contribution in [-0.2, 0) is 6.54 Å². The zero-order valence-corrected chi connectivity index (χ0v) is 11.6. The van der Waals surface area contributed by atoms with E-state index in [0.717, 1.165) is 6.42 Å². The van der Waals surface area contributed by atoms with Gasteiger partial charge in [0.05, 0.1) is 17.8 Å². The zero-order valence-electron chi connectivity index (χ0n) is 10.9. The highest BCUT2D eigenvalue weighted by Gasteiger charge is 2.13. The second kappa shape index (κ2) is 5.93. The van der Waals surface area contributed by atoms with E-state index in [1.165, 1.54) is 0 Å². The van der Waals surface area contributed by atoms with Crippen molar-refractivity contribution in [1.29, 1.82) is 0 Å². The van der Waals surface area contributed by atoms with Crippen LogP contribution < -0.4 is 5.32 Å². The highest BCUT2D eigenvalue weighted by molar-refractivity contribution is 6.30. The molecule has 0 saturated heterocycles. The summed E-state index contributed by atoms with van der Waals surface area (Å²) >= 11 is 5.78. The summed E-state index contributed by atoms with van der Waals surface area (Å²) in [6.45, 7) is 4.41. The number of furan rings is 1. The summed E-state index contributed by atoms with van der Waals surface area (Å²) in [5.74, 6) is 0.779. The van der Waals surface area contributed by atoms with Crippen molar-refractivity contribution < 1.29 is 9.21 Å². The van der Waals surface area contributed by atoms with Crippen molar-refractivity contribution in [2.24, 2.45) is 0 Å². The van der Waals surface area contributed by atoms with Crippen LogP contribution in [0.25, 0.3) is 0 Å². The highest BCUT2D eigenvalue weighted by atomic mass is 35.5. The van der Waals surface area contributed by atoms with Gasteiger partial charge in [-0.05, 0) is 25.5 Å². The molecule has 1 amide bonds. The van der Waals surface area contributed by atoms with Gasteiger partial charge in [-0.1, -0.05) is 18.5 Å². The Kier molecular flexibility index (Phi) is 4.27. The summed E-state index contributed by atoms with van der Waals surface area (Å²) in [4.78, 5) is 11.8. The smallest absolute Gasteiger partial charge is 0.287 e. The number of hydrogen-bond acceptors (Lipinski definition) is 3. The van der Waals surface area contributed by atoms with Crippen molar-refractivity contribution in [3.8, 4) is 0 Å². The number of aromatic nitrogens is 2. The van der Waals surface area contributed by atoms with Crippen molar-refractivity contribution in [2.75, 3.05) is 0 Å². The molecule has 1 unspecified atom stereocenters. The van der Waals surface area contributed by atoms with Crippen molar-refractivity contribution >= 4 is 17.5 Å². The molecule has 2 aromatic heterocycles. The van der Waals surface area contributed by atoms with Gasteiger partial charge in [0, 0.05) is 12.2 Å². The molecule has 0 aliphatic carbocycles. The Morgan fingerprint density at radius 2 is 2.37 bits per heavy atom. The molecule has 2 rings (SSSR count). The number of nitrogens with one attached hydrogen (secondary N) is 1. The topological polar surface area (TPSA) is 60.1 Å². The SMILES string of the molecule is CCC(C)NC(=O)c1ccc(Cn2cc(Cl)cn2)o1. The van der Waals surface area contributed by atoms with Crippen LogP contribution in [0.5, 0.6) is 0 Å². The Hall–Kier alpha value is -1.75. The minimum atomic E-state index is -0.195. The van der Waals surface area contributed by atoms with Crippen LogP contribution in [-0.4, -0.2) is 21.7 Å². The Bertz CT molecular complexity index is 562. The Balaban J connectivity index is 2.00. The quantitative estimate of drug-likeness (QED) is 0.917. The van der Waals surface area contributed by atoms with Gasteiger partial charge < -0.3 is 9.73 Å². The second-order valence-corrected chi connectivity index (χ2v) is 4.84. The number of carbonyl (C=O) groups is 1. The van der Waals surface area contributed by atoms with Gasteiger partial charge in [-0.2, -0.15) is 5.10 Å². The van der Waals surface area contributed by atoms with Crippen LogP contribution >= 0.6 is 11.6 Å². The molecule has 1 atom stereocenters. The van der Waals surface area contributed by atoms with E-state index in [4.69, 9.17) is 16.0 Å². The maximum atomic E-state index is 11.8. The molecular formula is C13H16ClN3O2. The van der Waals surface area contributed by atoms with Gasteiger partial charge in [-0.3, -0.25) is 9.48 Å². The van der Waals surface area contributed by atoms with E-state index in [2.05, 4.69) is 10.4 Å². The second-order valence-electron chi connectivity index (χ2n) is 4.40. The molecule has 0 radical (unpaired) electrons. The minimum Gasteiger partial charge on any atom is -0.454 e. The molecule has 2 heterocycles. The first-order valence-electron chi connectivity index (χ1n) is 6.16. The number of nitrogens with zero attached hydrogens (tertiary/aromatic N) is 2. The maximum Gasteiger partial charge on any atom is 0.287 e. The Morgan fingerprint density at radius 3 is 3.00 bits per heavy atom. The van der Waals surface area contributed by atoms with E-state index in [9.17, 15) is 4.79 Å². The number of carbonyl (C=O) groups excluding carboxylic acids is 1. The number of halogens is 1. The van der Waals surface area contributed by atoms with Gasteiger partial charge >= 0.3 is 0 Å². The molecule has 0 fully saturated rings. The van der Waals surface area contributed by atoms with E-state index < -0.39 is 0 Å². The van der Waals surface area contributed by atoms with E-state index in [1.54, 1.807) is 29.2 Å². The van der Waals surface area contributed by atoms with Gasteiger partial charge in [0.25, 0.3) is 5.91 Å². The monoisotopic (exact) mass is 281 g/mol. The fourth-order valence-corrected chi connectivity index (χ4v) is 1.72. The number of hydrogen-bond donors (Lipinski definition) is 1. The van der Waals surface area contributed by atoms with Crippen molar-refractivity contribution in [3.05, 3.63) is 41.1 Å². The highest BCUT2D eigenvalue weighted by Crippen LogP contribution is 2.12. The Labute approximate surface area is 116 Å². The van der Waals surface area contributed by atoms with Gasteiger partial charge in [-0.25, -0.2) is 0 Å². The van der Waals surface area contributed by atoms with Gasteiger partial charge in [0.15, 0.2) is 5.76 Å². The third kappa shape index (κ3) is 3.61. The summed E-state index contributed by atoms with van der Waals surface area (Å²) in [6.07, 6.45) is 4.13. The van der Waals surface area contributed by atoms with Gasteiger partial charge in [0.1, 0.15) is 5.76 Å². The maximum absolute atomic E-state index is 11.8. The first kappa shape index (κ1) is 13.7. The van der Waals surface area contributed by atoms with Crippen molar-refractivity contribution in [3.63, 3.8) is 0 Å². The van der Waals surface area contributed by atoms with E-state index in [-0.39, 0.29) is 11.9 Å². The fourth-order valence-electron chi connectivity index (χ4n) is 1.57. The lowest BCUT2D eigenvalue weighted by molar-refractivity contribution is 0.0909. The molecule has 102 valence electrons. The van der Waals surface area contributed by atoms with Crippen LogP contribution in [0.1, 0.15) is 36.6 Å². The average Bonchev–Trinajstić information content (AvgIpc) is 2.99. The molecule has 1 N–H and O–H groups in total. The van der Waals surface area contributed by atoms with Crippen molar-refractivity contribution in [1.82, 2.24) is 15.1 Å². The first-order chi connectivity index (χ1) is 9.08. The van der Waals surface area contributed by atoms with Crippen LogP contribution in [0.15, 0.2) is 28.9 Å². The summed E-state index contributed by atoms with van der Waals surface area (Å²) < 4.78 is 7.14. The molecular weight excluding hydrogens is 266 g/mol. The van der Waals surface area contributed by atoms with Crippen LogP contribution in [0.3, 0.4) is 0 Å². The standard InChI is InChI=1S/C13H16ClN3O2/c1-3-9(2)16-13(18)12-5-4-11(19-12)8-17-7-10(14)6-15-17/h4-7,9H,3,8H2,1-2H3,(H,16,18). The zero-order chi connectivity index (χ0) is 13.8. The molecule has 19 heavy (non-hydrogen) atoms. The van der Waals surface area contributed by atoms with Crippen LogP contribution in [0, 0.1) is 0 Å². The number of rotatable bonds is 5. The molecule has 5 nitrogen and oxygen atoms in total. The predicted molar refractivity (Wildman–Crippen MR) is 72.3 cm³/mol. The summed E-state index contributed by atoms with van der Waals surface area (Å²) in [7, 11) is 0. The molecule has 0 aliphatic rings. The first-order valence-corrected chi connectivity index (χ1v) is 6.53. The lowest BCUT2D eigenvalue weighted by Gasteiger charge is -2.09. The molecule has 0 saturated carbocycles. The summed E-state index contributed by atoms with van der Waals surface area (Å²) in [5.41, 5.74) is 0. The van der Waals surface area contributed by atoms with E-state index in [0.29, 0.717) is 23.1 Å².